The van der Waals surface area contributed by atoms with Gasteiger partial charge in [0.05, 0.1) is 0 Å². The highest BCUT2D eigenvalue weighted by atomic mass is 35.5. The van der Waals surface area contributed by atoms with Crippen molar-refractivity contribution in [3.8, 4) is 11.8 Å². The van der Waals surface area contributed by atoms with E-state index in [0.29, 0.717) is 25.3 Å². The zero-order valence-corrected chi connectivity index (χ0v) is 7.37. The van der Waals surface area contributed by atoms with Crippen molar-refractivity contribution in [3.05, 3.63) is 0 Å². The average molecular weight is 174 g/mol. The highest BCUT2D eigenvalue weighted by Gasteiger charge is 1.95. The van der Waals surface area contributed by atoms with E-state index in [1.54, 1.807) is 6.92 Å². The van der Waals surface area contributed by atoms with Gasteiger partial charge in [-0.1, -0.05) is 0 Å². The number of alkyl halides is 1. The number of hydrogen-bond donors (Lipinski definition) is 1. The van der Waals surface area contributed by atoms with E-state index in [1.165, 1.54) is 0 Å². The molecule has 0 unspecified atom stereocenters. The summed E-state index contributed by atoms with van der Waals surface area (Å²) in [5.41, 5.74) is 0. The molecule has 2 nitrogen and oxygen atoms in total. The van der Waals surface area contributed by atoms with Crippen LogP contribution >= 0.6 is 11.6 Å². The third-order valence-electron chi connectivity index (χ3n) is 1.07. The molecule has 0 rings (SSSR count). The summed E-state index contributed by atoms with van der Waals surface area (Å²) in [7, 11) is 0. The molecule has 0 aromatic heterocycles. The Bertz CT molecular complexity index is 169. The third kappa shape index (κ3) is 7.21. The van der Waals surface area contributed by atoms with Crippen molar-refractivity contribution in [1.82, 2.24) is 5.32 Å². The fraction of sp³-hybridized carbons (Fsp3) is 0.625. The van der Waals surface area contributed by atoms with Crippen molar-refractivity contribution in [3.63, 3.8) is 0 Å². The first-order valence-electron chi connectivity index (χ1n) is 3.53. The van der Waals surface area contributed by atoms with Crippen molar-refractivity contribution >= 4 is 17.5 Å². The van der Waals surface area contributed by atoms with E-state index in [4.69, 9.17) is 11.6 Å². The lowest BCUT2D eigenvalue weighted by atomic mass is 10.4. The first kappa shape index (κ1) is 10.3. The summed E-state index contributed by atoms with van der Waals surface area (Å²) < 4.78 is 0. The van der Waals surface area contributed by atoms with Crippen molar-refractivity contribution < 1.29 is 4.79 Å². The van der Waals surface area contributed by atoms with E-state index in [-0.39, 0.29) is 5.91 Å². The van der Waals surface area contributed by atoms with Crippen LogP contribution in [0.2, 0.25) is 0 Å². The number of rotatable bonds is 4. The van der Waals surface area contributed by atoms with Crippen LogP contribution in [0.3, 0.4) is 0 Å². The Morgan fingerprint density at radius 1 is 1.64 bits per heavy atom. The van der Waals surface area contributed by atoms with Gasteiger partial charge in [0.2, 0.25) is 5.91 Å². The molecule has 0 atom stereocenters. The smallest absolute Gasteiger partial charge is 0.221 e. The second-order valence-corrected chi connectivity index (χ2v) is 2.34. The molecular formula is C8H12ClNO. The lowest BCUT2D eigenvalue weighted by Gasteiger charge is -1.98. The molecule has 1 N–H and O–H groups in total. The Hall–Kier alpha value is -0.680. The zero-order chi connectivity index (χ0) is 8.53. The molecule has 0 aromatic rings. The highest BCUT2D eigenvalue weighted by molar-refractivity contribution is 6.18. The summed E-state index contributed by atoms with van der Waals surface area (Å²) in [6.07, 6.45) is 1.10. The van der Waals surface area contributed by atoms with Crippen molar-refractivity contribution in [1.29, 1.82) is 0 Å². The predicted molar refractivity (Wildman–Crippen MR) is 46.4 cm³/mol. The summed E-state index contributed by atoms with van der Waals surface area (Å²) in [5.74, 6) is 5.97. The van der Waals surface area contributed by atoms with E-state index in [2.05, 4.69) is 17.2 Å². The van der Waals surface area contributed by atoms with E-state index < -0.39 is 0 Å². The Balaban J connectivity index is 3.22. The van der Waals surface area contributed by atoms with Gasteiger partial charge in [-0.3, -0.25) is 4.79 Å². The molecule has 0 saturated heterocycles. The fourth-order valence-corrected chi connectivity index (χ4v) is 0.735. The minimum Gasteiger partial charge on any atom is -0.355 e. The molecule has 0 spiro atoms. The van der Waals surface area contributed by atoms with Gasteiger partial charge >= 0.3 is 0 Å². The van der Waals surface area contributed by atoms with Gasteiger partial charge in [-0.15, -0.1) is 23.4 Å². The standard InChI is InChI=1S/C8H12ClNO/c1-2-3-4-7-10-8(11)5-6-9/h4-7H2,1H3,(H,10,11). The van der Waals surface area contributed by atoms with Gasteiger partial charge in [-0.25, -0.2) is 0 Å². The molecule has 62 valence electrons. The number of halogens is 1. The molecule has 1 amide bonds. The molecule has 3 heteroatoms. The monoisotopic (exact) mass is 173 g/mol. The second-order valence-electron chi connectivity index (χ2n) is 1.97. The van der Waals surface area contributed by atoms with Crippen LogP contribution in [0, 0.1) is 11.8 Å². The first-order valence-corrected chi connectivity index (χ1v) is 4.07. The fourth-order valence-electron chi connectivity index (χ4n) is 0.564. The summed E-state index contributed by atoms with van der Waals surface area (Å²) in [6, 6.07) is 0. The topological polar surface area (TPSA) is 29.1 Å². The lowest BCUT2D eigenvalue weighted by Crippen LogP contribution is -2.24. The Kier molecular flexibility index (Phi) is 6.97. The molecule has 0 aliphatic heterocycles. The molecule has 0 heterocycles. The van der Waals surface area contributed by atoms with Crippen molar-refractivity contribution in [2.45, 2.75) is 19.8 Å². The summed E-state index contributed by atoms with van der Waals surface area (Å²) >= 11 is 5.35. The largest absolute Gasteiger partial charge is 0.355 e. The van der Waals surface area contributed by atoms with E-state index in [0.717, 1.165) is 0 Å². The van der Waals surface area contributed by atoms with Crippen LogP contribution in [0.4, 0.5) is 0 Å². The van der Waals surface area contributed by atoms with Crippen molar-refractivity contribution in [2.24, 2.45) is 0 Å². The quantitative estimate of drug-likeness (QED) is 0.386. The third-order valence-corrected chi connectivity index (χ3v) is 1.26. The van der Waals surface area contributed by atoms with Crippen LogP contribution in [0.5, 0.6) is 0 Å². The van der Waals surface area contributed by atoms with E-state index in [1.807, 2.05) is 0 Å². The molecule has 0 aliphatic rings. The maximum Gasteiger partial charge on any atom is 0.221 e. The van der Waals surface area contributed by atoms with Gasteiger partial charge in [-0.2, -0.15) is 0 Å². The normalized spacial score (nSPS) is 8.18. The lowest BCUT2D eigenvalue weighted by molar-refractivity contribution is -0.120. The molecule has 0 fully saturated rings. The van der Waals surface area contributed by atoms with Gasteiger partial charge in [-0.05, 0) is 6.92 Å². The molecule has 0 aromatic carbocycles. The number of amides is 1. The van der Waals surface area contributed by atoms with E-state index >= 15 is 0 Å². The van der Waals surface area contributed by atoms with Gasteiger partial charge in [0.15, 0.2) is 0 Å². The Morgan fingerprint density at radius 2 is 2.36 bits per heavy atom. The van der Waals surface area contributed by atoms with Gasteiger partial charge in [0.1, 0.15) is 0 Å². The number of hydrogen-bond acceptors (Lipinski definition) is 1. The SMILES string of the molecule is CC#CCCNC(=O)CCCl. The maximum absolute atomic E-state index is 10.8. The minimum atomic E-state index is -0.00194. The molecule has 0 saturated carbocycles. The Labute approximate surface area is 72.3 Å². The van der Waals surface area contributed by atoms with Crippen LogP contribution < -0.4 is 5.32 Å². The van der Waals surface area contributed by atoms with Gasteiger partial charge < -0.3 is 5.32 Å². The van der Waals surface area contributed by atoms with Crippen LogP contribution in [-0.4, -0.2) is 18.3 Å². The summed E-state index contributed by atoms with van der Waals surface area (Å²) in [5, 5.41) is 2.69. The molecule has 0 bridgehead atoms. The number of carbonyl (C=O) groups is 1. The highest BCUT2D eigenvalue weighted by Crippen LogP contribution is 1.83. The average Bonchev–Trinajstić information content (AvgIpc) is 1.99. The van der Waals surface area contributed by atoms with Gasteiger partial charge in [0, 0.05) is 25.3 Å². The minimum absolute atomic E-state index is 0.00194. The van der Waals surface area contributed by atoms with Gasteiger partial charge in [0.25, 0.3) is 0 Å². The van der Waals surface area contributed by atoms with Crippen LogP contribution in [0.25, 0.3) is 0 Å². The zero-order valence-electron chi connectivity index (χ0n) is 6.61. The van der Waals surface area contributed by atoms with Crippen LogP contribution in [-0.2, 0) is 4.79 Å². The maximum atomic E-state index is 10.8. The van der Waals surface area contributed by atoms with Crippen LogP contribution in [0.15, 0.2) is 0 Å². The molecule has 11 heavy (non-hydrogen) atoms. The Morgan fingerprint density at radius 3 is 2.91 bits per heavy atom. The number of carbonyl (C=O) groups excluding carboxylic acids is 1. The van der Waals surface area contributed by atoms with Crippen LogP contribution in [0.1, 0.15) is 19.8 Å². The van der Waals surface area contributed by atoms with E-state index in [9.17, 15) is 4.79 Å². The van der Waals surface area contributed by atoms with Crippen molar-refractivity contribution in [2.75, 3.05) is 12.4 Å². The summed E-state index contributed by atoms with van der Waals surface area (Å²) in [4.78, 5) is 10.8. The molecule has 0 aliphatic carbocycles. The second kappa shape index (κ2) is 7.43. The first-order chi connectivity index (χ1) is 5.31. The molecular weight excluding hydrogens is 162 g/mol. The molecule has 0 radical (unpaired) electrons. The predicted octanol–water partition coefficient (Wildman–Crippen LogP) is 1.14. The number of nitrogens with one attached hydrogen (secondary N) is 1. The summed E-state index contributed by atoms with van der Waals surface area (Å²) in [6.45, 7) is 2.40.